The molecule has 0 atom stereocenters. The van der Waals surface area contributed by atoms with Gasteiger partial charge in [0.15, 0.2) is 28.6 Å². The first-order valence-electron chi connectivity index (χ1n) is 39.3. The molecule has 0 aliphatic rings. The van der Waals surface area contributed by atoms with E-state index in [0.29, 0.717) is 99.1 Å². The summed E-state index contributed by atoms with van der Waals surface area (Å²) in [6.45, 7) is 12.6. The minimum absolute atomic E-state index is 0. The molecule has 28 nitrogen and oxygen atoms in total. The Morgan fingerprint density at radius 1 is 0.400 bits per heavy atom. The summed E-state index contributed by atoms with van der Waals surface area (Å²) in [6.07, 6.45) is 0. The summed E-state index contributed by atoms with van der Waals surface area (Å²) in [6, 6.07) is 84.3. The van der Waals surface area contributed by atoms with E-state index in [1.54, 1.807) is 185 Å². The molecule has 0 fully saturated rings. The van der Waals surface area contributed by atoms with Crippen molar-refractivity contribution < 1.29 is 224 Å². The number of anilines is 7. The van der Waals surface area contributed by atoms with Gasteiger partial charge in [0.25, 0.3) is 36.5 Å². The van der Waals surface area contributed by atoms with Gasteiger partial charge in [-0.05, 0) is 211 Å². The number of hydrogen-bond acceptors (Lipinski definition) is 24. The van der Waals surface area contributed by atoms with Crippen LogP contribution in [0.25, 0.3) is 66.9 Å². The molecule has 8 heterocycles. The van der Waals surface area contributed by atoms with E-state index in [-0.39, 0.29) is 217 Å². The van der Waals surface area contributed by atoms with Gasteiger partial charge in [-0.25, -0.2) is 62.1 Å². The fourth-order valence-corrected chi connectivity index (χ4v) is 18.7. The fraction of sp³-hybridized carbons (Fsp3) is 0.0860. The zero-order chi connectivity index (χ0) is 95.3. The number of nitrogens with zero attached hydrogens (tertiary/aromatic N) is 11. The van der Waals surface area contributed by atoms with E-state index < -0.39 is 37.2 Å². The summed E-state index contributed by atoms with van der Waals surface area (Å²) >= 11 is 41.8. The number of aryl methyl sites for hydroxylation is 7. The molecule has 18 rings (SSSR count). The molecule has 0 bridgehead atoms. The van der Waals surface area contributed by atoms with Crippen LogP contribution in [0.5, 0.6) is 0 Å². The molecule has 0 saturated carbocycles. The Morgan fingerprint density at radius 2 is 0.726 bits per heavy atom. The Kier molecular flexibility index (Phi) is 43.7. The number of aromatic amines is 1. The van der Waals surface area contributed by atoms with E-state index in [1.165, 1.54) is 7.94 Å². The number of aromatic nitrogens is 12. The number of fused-ring (bicyclic) bond motifs is 4. The monoisotopic (exact) mass is 2250 g/mol. The maximum atomic E-state index is 13.7. The Morgan fingerprint density at radius 3 is 1.07 bits per heavy atom. The summed E-state index contributed by atoms with van der Waals surface area (Å²) in [5.74, 6) is 2.73. The first-order valence-corrected chi connectivity index (χ1v) is 46.3. The quantitative estimate of drug-likeness (QED) is 0.00898. The summed E-state index contributed by atoms with van der Waals surface area (Å²) in [7, 11) is -12.1. The standard InChI is InChI=1S/C26H21ClN4O2S.C20H16Cl2N4O2S.C19H15ClN4.C14H11Cl2N3O2S.C6H7BO2.C6H6ClN.CH2O3.CH3O.2Cs.Na.H/c1-17-11-13-22(14-12-17)34(32,33)31-18(2)15-23-25(28-21-10-6-9-20(27)16-21)29-24(30-26(23)31)19-7-4-3-5-8-19;1-12-6-8-16(9-7-12)29(27,28)26-13(2)10-17-18(24-20(22)25-19(17)26)23-15-5-3-4-14(21)11-15;1-12-10-16-18(21-12)23-17(13-6-3-2-4-7-13)24-19(16)22-15-9-5-8-14(20)11-15;1-8-3-5-10(6-4-8)22(20,21)19-9(2)7-11-12(15)17-14(16)18-13(11)19;8-7(9)6-4-2-1-3-5-6;7-5-2-1-3-6(8)4-5;2-1-4-3;1-2;;;;/h3-16H,1-2H3,(H,28,29,30);3-11H,1-2H3,(H,23,24,25);2-11H,1H3,(H2,21,22,23,24);3-7H,1-2H3;1-5,8-9H;1-4H,8H2;1,3H;1H3;;;;/q;;;;;;;-1;3*+1;-1/p-1. The minimum atomic E-state index is -3.89. The van der Waals surface area contributed by atoms with E-state index in [9.17, 15) is 25.3 Å². The maximum Gasteiger partial charge on any atom is 1.00 e. The SMILES string of the molecule is C[O-].Cc1cc2c(Nc3cccc(Cl)c3)nc(-c3ccccc3)nc2[nH]1.Cc1ccc(S(=O)(=O)n2c(C)cc3c(Cl)nc(Cl)nc32)cc1.Cc1ccc(S(=O)(=O)n2c(C)cc3c(Nc4cccc(Cl)c4)nc(-c4ccccc4)nc32)cc1.Cc1ccc(S(=O)(=O)n2c(C)cc3c(Nc4cccc(Cl)c4)nc(Cl)nc32)cc1.Nc1cccc(Cl)c1.O=CO[O-].OB(O)c1ccccc1.[Cs+].[Cs+].[H-].[Na+]. The van der Waals surface area contributed by atoms with Crippen LogP contribution in [0.15, 0.2) is 300 Å². The summed E-state index contributed by atoms with van der Waals surface area (Å²) < 4.78 is 83.3. The number of nitrogen functional groups attached to an aromatic ring is 1. The third-order valence-corrected chi connectivity index (χ3v) is 25.9. The van der Waals surface area contributed by atoms with Gasteiger partial charge in [-0.1, -0.05) is 226 Å². The molecule has 8 aromatic heterocycles. The molecule has 0 aliphatic carbocycles. The summed E-state index contributed by atoms with van der Waals surface area (Å²) in [5, 5.41) is 48.6. The minimum Gasteiger partial charge on any atom is -1.00 e. The number of rotatable bonds is 16. The molecule has 42 heteroatoms. The molecule has 0 unspecified atom stereocenters. The van der Waals surface area contributed by atoms with Crippen LogP contribution < -0.4 is 205 Å². The molecule has 8 N–H and O–H groups in total. The van der Waals surface area contributed by atoms with E-state index >= 15 is 0 Å². The van der Waals surface area contributed by atoms with Gasteiger partial charge in [-0.3, -0.25) is 4.79 Å². The predicted octanol–water partition coefficient (Wildman–Crippen LogP) is 10.4. The number of nitrogens with two attached hydrogens (primary N) is 1. The van der Waals surface area contributed by atoms with E-state index in [2.05, 4.69) is 50.7 Å². The molecular formula is C93H81BCl7Cs2N16NaO12S3. The van der Waals surface area contributed by atoms with Crippen LogP contribution in [0.2, 0.25) is 35.8 Å². The zero-order valence-corrected chi connectivity index (χ0v) is 96.4. The second-order valence-electron chi connectivity index (χ2n) is 28.6. The van der Waals surface area contributed by atoms with Crippen molar-refractivity contribution in [3.05, 3.63) is 360 Å². The van der Waals surface area contributed by atoms with Gasteiger partial charge in [0, 0.05) is 76.7 Å². The van der Waals surface area contributed by atoms with Crippen LogP contribution in [0.4, 0.5) is 40.2 Å². The van der Waals surface area contributed by atoms with Crippen molar-refractivity contribution in [2.45, 2.75) is 63.2 Å². The smallest absolute Gasteiger partial charge is 1.00 e. The second-order valence-corrected chi connectivity index (χ2v) is 36.8. The first kappa shape index (κ1) is 113. The van der Waals surface area contributed by atoms with Crippen molar-refractivity contribution in [2.24, 2.45) is 0 Å². The first-order chi connectivity index (χ1) is 63.1. The van der Waals surface area contributed by atoms with Gasteiger partial charge in [-0.15, -0.1) is 0 Å². The van der Waals surface area contributed by atoms with Gasteiger partial charge in [0.2, 0.25) is 10.6 Å². The topological polar surface area (TPSA) is 411 Å². The summed E-state index contributed by atoms with van der Waals surface area (Å²) in [5.41, 5.74) is 17.6. The predicted molar refractivity (Wildman–Crippen MR) is 523 cm³/mol. The van der Waals surface area contributed by atoms with Crippen molar-refractivity contribution >= 4 is 215 Å². The van der Waals surface area contributed by atoms with Crippen molar-refractivity contribution in [3.63, 3.8) is 0 Å². The van der Waals surface area contributed by atoms with Crippen molar-refractivity contribution in [1.29, 1.82) is 0 Å². The fourth-order valence-electron chi connectivity index (χ4n) is 12.9. The average Bonchev–Trinajstić information content (AvgIpc) is 1.60. The Labute approximate surface area is 956 Å². The van der Waals surface area contributed by atoms with Gasteiger partial charge in [-0.2, -0.15) is 22.1 Å². The van der Waals surface area contributed by atoms with Crippen LogP contribution >= 0.6 is 81.2 Å². The normalized spacial score (nSPS) is 10.7. The number of hydrogen-bond donors (Lipinski definition) is 7. The Bertz CT molecular complexity index is 7470. The van der Waals surface area contributed by atoms with Crippen molar-refractivity contribution in [3.8, 4) is 22.8 Å². The number of halogens is 7. The molecule has 0 radical (unpaired) electrons. The van der Waals surface area contributed by atoms with Crippen LogP contribution in [-0.2, 0) is 39.8 Å². The molecule has 678 valence electrons. The molecule has 0 aliphatic heterocycles. The third kappa shape index (κ3) is 29.9. The van der Waals surface area contributed by atoms with Crippen molar-refractivity contribution in [2.75, 3.05) is 28.8 Å². The maximum absolute atomic E-state index is 13.7. The molecule has 135 heavy (non-hydrogen) atoms. The largest absolute Gasteiger partial charge is 1.00 e. The number of carbonyl (C=O) groups excluding carboxylic acids is 1. The molecular weight excluding hydrogens is 2180 g/mol. The van der Waals surface area contributed by atoms with E-state index in [0.717, 1.165) is 72.8 Å². The van der Waals surface area contributed by atoms with E-state index in [4.69, 9.17) is 127 Å². The third-order valence-electron chi connectivity index (χ3n) is 18.9. The molecule has 10 aromatic carbocycles. The number of carbonyl (C=O) groups is 1. The second kappa shape index (κ2) is 52.5. The van der Waals surface area contributed by atoms with Gasteiger partial charge >= 0.3 is 174 Å². The molecule has 18 aromatic rings. The van der Waals surface area contributed by atoms with Gasteiger partial charge < -0.3 is 53.4 Å². The number of nitrogens with one attached hydrogen (secondary N) is 4. The van der Waals surface area contributed by atoms with Crippen LogP contribution in [0, 0.1) is 48.5 Å². The van der Waals surface area contributed by atoms with E-state index in [1.807, 2.05) is 149 Å². The average molecular weight is 2260 g/mol. The van der Waals surface area contributed by atoms with Gasteiger partial charge in [0.05, 0.1) is 36.2 Å². The summed E-state index contributed by atoms with van der Waals surface area (Å²) in [4.78, 5) is 50.2. The number of benzene rings is 10. The molecule has 0 amide bonds. The van der Waals surface area contributed by atoms with Crippen LogP contribution in [0.3, 0.4) is 0 Å². The Hall–Kier alpha value is -7.76. The Balaban J connectivity index is 0.000000228. The zero-order valence-electron chi connectivity index (χ0n) is 75.1. The van der Waals surface area contributed by atoms with Crippen LogP contribution in [-0.4, -0.2) is 113 Å². The van der Waals surface area contributed by atoms with Crippen LogP contribution in [0.1, 0.15) is 40.9 Å². The number of H-pyrrole nitrogens is 1. The molecule has 0 saturated heterocycles. The molecule has 0 spiro atoms. The van der Waals surface area contributed by atoms with Crippen molar-refractivity contribution in [1.82, 2.24) is 56.8 Å². The van der Waals surface area contributed by atoms with Gasteiger partial charge in [0.1, 0.15) is 28.3 Å².